The van der Waals surface area contributed by atoms with E-state index < -0.39 is 5.97 Å². The van der Waals surface area contributed by atoms with Crippen molar-refractivity contribution in [1.82, 2.24) is 14.8 Å². The molecule has 0 aliphatic rings. The SMILES string of the molecule is COC(=O)c1ncn(C(c2cc(Br)cs2)C(C)N)n1. The van der Waals surface area contributed by atoms with E-state index in [1.807, 2.05) is 18.4 Å². The normalized spacial score (nSPS) is 14.1. The summed E-state index contributed by atoms with van der Waals surface area (Å²) >= 11 is 4.98. The van der Waals surface area contributed by atoms with E-state index >= 15 is 0 Å². The average molecular weight is 345 g/mol. The maximum atomic E-state index is 11.4. The van der Waals surface area contributed by atoms with Crippen molar-refractivity contribution >= 4 is 33.2 Å². The van der Waals surface area contributed by atoms with Crippen LogP contribution in [0.2, 0.25) is 0 Å². The second-order valence-corrected chi connectivity index (χ2v) is 5.87. The molecule has 8 heteroatoms. The molecule has 0 aromatic carbocycles. The summed E-state index contributed by atoms with van der Waals surface area (Å²) in [6, 6.07) is 1.65. The smallest absolute Gasteiger partial charge is 0.377 e. The zero-order valence-electron chi connectivity index (χ0n) is 10.4. The lowest BCUT2D eigenvalue weighted by Crippen LogP contribution is -2.30. The lowest BCUT2D eigenvalue weighted by atomic mass is 10.1. The molecule has 2 heterocycles. The van der Waals surface area contributed by atoms with Gasteiger partial charge in [-0.15, -0.1) is 16.4 Å². The molecule has 0 fully saturated rings. The summed E-state index contributed by atoms with van der Waals surface area (Å²) in [5.74, 6) is -0.529. The highest BCUT2D eigenvalue weighted by molar-refractivity contribution is 9.10. The van der Waals surface area contributed by atoms with Gasteiger partial charge in [-0.2, -0.15) is 0 Å². The lowest BCUT2D eigenvalue weighted by Gasteiger charge is -2.19. The van der Waals surface area contributed by atoms with Crippen LogP contribution in [0.5, 0.6) is 0 Å². The number of methoxy groups -OCH3 is 1. The fourth-order valence-corrected chi connectivity index (χ4v) is 3.36. The third-order valence-electron chi connectivity index (χ3n) is 2.54. The van der Waals surface area contributed by atoms with Crippen molar-refractivity contribution in [3.63, 3.8) is 0 Å². The Labute approximate surface area is 122 Å². The quantitative estimate of drug-likeness (QED) is 0.855. The van der Waals surface area contributed by atoms with Crippen molar-refractivity contribution in [3.8, 4) is 0 Å². The predicted molar refractivity (Wildman–Crippen MR) is 75.2 cm³/mol. The first-order valence-electron chi connectivity index (χ1n) is 5.52. The van der Waals surface area contributed by atoms with E-state index in [2.05, 4.69) is 30.7 Å². The molecule has 2 rings (SSSR count). The molecule has 6 nitrogen and oxygen atoms in total. The maximum Gasteiger partial charge on any atom is 0.377 e. The van der Waals surface area contributed by atoms with Crippen LogP contribution in [-0.2, 0) is 4.74 Å². The van der Waals surface area contributed by atoms with Crippen LogP contribution in [0, 0.1) is 0 Å². The number of nitrogens with two attached hydrogens (primary N) is 1. The number of esters is 1. The first-order chi connectivity index (χ1) is 9.02. The minimum absolute atomic E-state index is 0.0313. The molecule has 0 amide bonds. The van der Waals surface area contributed by atoms with Crippen molar-refractivity contribution in [1.29, 1.82) is 0 Å². The Hall–Kier alpha value is -1.25. The molecule has 102 valence electrons. The second-order valence-electron chi connectivity index (χ2n) is 4.01. The van der Waals surface area contributed by atoms with Crippen LogP contribution >= 0.6 is 27.3 Å². The maximum absolute atomic E-state index is 11.4. The molecule has 0 aliphatic heterocycles. The number of carbonyl (C=O) groups excluding carboxylic acids is 1. The van der Waals surface area contributed by atoms with Crippen molar-refractivity contribution in [3.05, 3.63) is 32.9 Å². The van der Waals surface area contributed by atoms with Crippen molar-refractivity contribution in [2.45, 2.75) is 19.0 Å². The van der Waals surface area contributed by atoms with E-state index in [-0.39, 0.29) is 17.9 Å². The summed E-state index contributed by atoms with van der Waals surface area (Å²) in [6.45, 7) is 1.89. The Morgan fingerprint density at radius 1 is 1.63 bits per heavy atom. The Morgan fingerprint density at radius 2 is 2.37 bits per heavy atom. The van der Waals surface area contributed by atoms with Crippen LogP contribution in [-0.4, -0.2) is 33.9 Å². The molecule has 2 aromatic rings. The van der Waals surface area contributed by atoms with Gasteiger partial charge in [-0.25, -0.2) is 14.5 Å². The number of halogens is 1. The van der Waals surface area contributed by atoms with Gasteiger partial charge in [-0.05, 0) is 28.9 Å². The zero-order chi connectivity index (χ0) is 14.0. The number of hydrogen-bond donors (Lipinski definition) is 1. The van der Waals surface area contributed by atoms with Gasteiger partial charge in [-0.3, -0.25) is 0 Å². The van der Waals surface area contributed by atoms with E-state index in [4.69, 9.17) is 5.73 Å². The van der Waals surface area contributed by atoms with E-state index in [9.17, 15) is 4.79 Å². The van der Waals surface area contributed by atoms with Crippen LogP contribution in [0.4, 0.5) is 0 Å². The van der Waals surface area contributed by atoms with E-state index in [0.29, 0.717) is 0 Å². The Balaban J connectivity index is 2.35. The molecule has 2 unspecified atom stereocenters. The number of nitrogens with zero attached hydrogens (tertiary/aromatic N) is 3. The van der Waals surface area contributed by atoms with Gasteiger partial charge in [0.15, 0.2) is 0 Å². The number of aromatic nitrogens is 3. The van der Waals surface area contributed by atoms with E-state index in [0.717, 1.165) is 9.35 Å². The van der Waals surface area contributed by atoms with Crippen molar-refractivity contribution in [2.75, 3.05) is 7.11 Å². The molecule has 0 spiro atoms. The Kier molecular flexibility index (Phi) is 4.33. The number of hydrogen-bond acceptors (Lipinski definition) is 6. The fraction of sp³-hybridized carbons (Fsp3) is 0.364. The van der Waals surface area contributed by atoms with E-state index in [1.54, 1.807) is 16.0 Å². The lowest BCUT2D eigenvalue weighted by molar-refractivity contribution is 0.0586. The zero-order valence-corrected chi connectivity index (χ0v) is 12.8. The summed E-state index contributed by atoms with van der Waals surface area (Å²) < 4.78 is 7.17. The summed E-state index contributed by atoms with van der Waals surface area (Å²) in [7, 11) is 1.29. The molecule has 2 aromatic heterocycles. The number of ether oxygens (including phenoxy) is 1. The van der Waals surface area contributed by atoms with Crippen LogP contribution in [0.1, 0.15) is 28.5 Å². The Morgan fingerprint density at radius 3 is 2.89 bits per heavy atom. The van der Waals surface area contributed by atoms with Crippen molar-refractivity contribution < 1.29 is 9.53 Å². The molecule has 19 heavy (non-hydrogen) atoms. The largest absolute Gasteiger partial charge is 0.463 e. The fourth-order valence-electron chi connectivity index (χ4n) is 1.71. The highest BCUT2D eigenvalue weighted by Crippen LogP contribution is 2.29. The van der Waals surface area contributed by atoms with Gasteiger partial charge in [0, 0.05) is 20.8 Å². The number of rotatable bonds is 4. The van der Waals surface area contributed by atoms with Gasteiger partial charge in [0.1, 0.15) is 12.4 Å². The molecule has 0 saturated carbocycles. The first kappa shape index (κ1) is 14.2. The number of thiophene rings is 1. The highest BCUT2D eigenvalue weighted by atomic mass is 79.9. The van der Waals surface area contributed by atoms with Gasteiger partial charge < -0.3 is 10.5 Å². The van der Waals surface area contributed by atoms with Gasteiger partial charge in [0.25, 0.3) is 5.82 Å². The molecular weight excluding hydrogens is 332 g/mol. The van der Waals surface area contributed by atoms with Gasteiger partial charge in [0.05, 0.1) is 7.11 Å². The molecule has 0 saturated heterocycles. The van der Waals surface area contributed by atoms with Crippen LogP contribution < -0.4 is 5.73 Å². The first-order valence-corrected chi connectivity index (χ1v) is 7.19. The molecule has 0 radical (unpaired) electrons. The highest BCUT2D eigenvalue weighted by Gasteiger charge is 2.23. The van der Waals surface area contributed by atoms with E-state index in [1.165, 1.54) is 13.4 Å². The molecule has 0 aliphatic carbocycles. The van der Waals surface area contributed by atoms with Crippen LogP contribution in [0.3, 0.4) is 0 Å². The number of carbonyl (C=O) groups is 1. The summed E-state index contributed by atoms with van der Waals surface area (Å²) in [5.41, 5.74) is 6.01. The second kappa shape index (κ2) is 5.81. The van der Waals surface area contributed by atoms with Gasteiger partial charge in [0.2, 0.25) is 0 Å². The predicted octanol–water partition coefficient (Wildman–Crippen LogP) is 1.83. The molecule has 0 bridgehead atoms. The standard InChI is InChI=1S/C11H13BrN4O2S/c1-6(13)9(8-3-7(12)4-19-8)16-5-14-10(15-16)11(17)18-2/h3-6,9H,13H2,1-2H3. The molecule has 2 N–H and O–H groups in total. The van der Waals surface area contributed by atoms with Gasteiger partial charge >= 0.3 is 5.97 Å². The van der Waals surface area contributed by atoms with Crippen molar-refractivity contribution in [2.24, 2.45) is 5.73 Å². The summed E-state index contributed by atoms with van der Waals surface area (Å²) in [6.07, 6.45) is 1.49. The molecular formula is C11H13BrN4O2S. The topological polar surface area (TPSA) is 83.0 Å². The minimum Gasteiger partial charge on any atom is -0.463 e. The van der Waals surface area contributed by atoms with Crippen LogP contribution in [0.25, 0.3) is 0 Å². The molecule has 2 atom stereocenters. The average Bonchev–Trinajstić information content (AvgIpc) is 2.98. The van der Waals surface area contributed by atoms with Crippen LogP contribution in [0.15, 0.2) is 22.2 Å². The Bertz CT molecular complexity index is 581. The monoisotopic (exact) mass is 344 g/mol. The minimum atomic E-state index is -0.561. The third-order valence-corrected chi connectivity index (χ3v) is 4.30. The van der Waals surface area contributed by atoms with Gasteiger partial charge in [-0.1, -0.05) is 0 Å². The summed E-state index contributed by atoms with van der Waals surface area (Å²) in [4.78, 5) is 16.3. The third kappa shape index (κ3) is 3.02. The summed E-state index contributed by atoms with van der Waals surface area (Å²) in [5, 5.41) is 6.11.